The zero-order chi connectivity index (χ0) is 15.8. The molecular formula is C17H27NO3. The summed E-state index contributed by atoms with van der Waals surface area (Å²) in [7, 11) is 3.17. The van der Waals surface area contributed by atoms with Crippen LogP contribution < -0.4 is 5.32 Å². The van der Waals surface area contributed by atoms with Crippen LogP contribution in [0, 0.1) is 0 Å². The van der Waals surface area contributed by atoms with E-state index in [-0.39, 0.29) is 12.0 Å². The van der Waals surface area contributed by atoms with Crippen LogP contribution in [-0.2, 0) is 9.53 Å². The first-order valence-corrected chi connectivity index (χ1v) is 7.55. The van der Waals surface area contributed by atoms with Gasteiger partial charge in [-0.15, -0.1) is 0 Å². The van der Waals surface area contributed by atoms with Crippen molar-refractivity contribution in [3.63, 3.8) is 0 Å². The summed E-state index contributed by atoms with van der Waals surface area (Å²) in [6.45, 7) is 4.36. The van der Waals surface area contributed by atoms with Crippen LogP contribution in [-0.4, -0.2) is 31.3 Å². The fraction of sp³-hybridized carbons (Fsp3) is 0.588. The Kier molecular flexibility index (Phi) is 7.40. The van der Waals surface area contributed by atoms with Crippen molar-refractivity contribution in [1.29, 1.82) is 0 Å². The van der Waals surface area contributed by atoms with Gasteiger partial charge in [0.2, 0.25) is 0 Å². The van der Waals surface area contributed by atoms with E-state index in [0.29, 0.717) is 18.8 Å². The normalized spacial score (nSPS) is 15.3. The first kappa shape index (κ1) is 17.7. The maximum atomic E-state index is 11.2. The average Bonchev–Trinajstić information content (AvgIpc) is 2.54. The molecular weight excluding hydrogens is 266 g/mol. The van der Waals surface area contributed by atoms with Crippen LogP contribution in [0.25, 0.3) is 0 Å². The van der Waals surface area contributed by atoms with Crippen molar-refractivity contribution in [3.05, 3.63) is 35.4 Å². The SMILES string of the molecule is CCC(C)c1ccc(C(O)C(CCC(=O)OC)NC)cc1. The van der Waals surface area contributed by atoms with Crippen LogP contribution in [0.5, 0.6) is 0 Å². The van der Waals surface area contributed by atoms with Crippen LogP contribution >= 0.6 is 0 Å². The number of aliphatic hydroxyl groups excluding tert-OH is 1. The summed E-state index contributed by atoms with van der Waals surface area (Å²) in [6, 6.07) is 7.90. The monoisotopic (exact) mass is 293 g/mol. The van der Waals surface area contributed by atoms with Gasteiger partial charge in [0.05, 0.1) is 13.2 Å². The zero-order valence-corrected chi connectivity index (χ0v) is 13.4. The maximum absolute atomic E-state index is 11.2. The lowest BCUT2D eigenvalue weighted by atomic mass is 9.94. The number of carbonyl (C=O) groups is 1. The molecule has 0 saturated heterocycles. The number of esters is 1. The van der Waals surface area contributed by atoms with Crippen molar-refractivity contribution in [1.82, 2.24) is 5.32 Å². The van der Waals surface area contributed by atoms with Crippen molar-refractivity contribution in [2.24, 2.45) is 0 Å². The number of hydrogen-bond acceptors (Lipinski definition) is 4. The highest BCUT2D eigenvalue weighted by molar-refractivity contribution is 5.69. The van der Waals surface area contributed by atoms with Gasteiger partial charge in [-0.05, 0) is 36.9 Å². The molecule has 0 aliphatic rings. The predicted octanol–water partition coefficient (Wildman–Crippen LogP) is 2.77. The van der Waals surface area contributed by atoms with Gasteiger partial charge >= 0.3 is 5.97 Å². The molecule has 0 aliphatic heterocycles. The number of hydrogen-bond donors (Lipinski definition) is 2. The number of rotatable bonds is 8. The first-order chi connectivity index (χ1) is 10.0. The minimum atomic E-state index is -0.634. The lowest BCUT2D eigenvalue weighted by Crippen LogP contribution is -2.32. The van der Waals surface area contributed by atoms with Crippen molar-refractivity contribution in [2.45, 2.75) is 51.2 Å². The first-order valence-electron chi connectivity index (χ1n) is 7.55. The molecule has 118 valence electrons. The summed E-state index contributed by atoms with van der Waals surface area (Å²) >= 11 is 0. The Morgan fingerprint density at radius 2 is 1.86 bits per heavy atom. The molecule has 4 nitrogen and oxygen atoms in total. The highest BCUT2D eigenvalue weighted by atomic mass is 16.5. The third kappa shape index (κ3) is 5.14. The van der Waals surface area contributed by atoms with Gasteiger partial charge in [-0.25, -0.2) is 0 Å². The van der Waals surface area contributed by atoms with Crippen LogP contribution in [0.2, 0.25) is 0 Å². The Labute approximate surface area is 127 Å². The Balaban J connectivity index is 2.71. The molecule has 0 radical (unpaired) electrons. The highest BCUT2D eigenvalue weighted by Gasteiger charge is 2.20. The van der Waals surface area contributed by atoms with Gasteiger partial charge in [0.1, 0.15) is 0 Å². The van der Waals surface area contributed by atoms with Crippen molar-refractivity contribution < 1.29 is 14.6 Å². The molecule has 0 aromatic heterocycles. The predicted molar refractivity (Wildman–Crippen MR) is 84.2 cm³/mol. The quantitative estimate of drug-likeness (QED) is 0.724. The molecule has 0 amide bonds. The Hall–Kier alpha value is -1.39. The number of likely N-dealkylation sites (N-methyl/N-ethyl adjacent to an activating group) is 1. The Morgan fingerprint density at radius 1 is 1.29 bits per heavy atom. The van der Waals surface area contributed by atoms with Gasteiger partial charge < -0.3 is 15.2 Å². The van der Waals surface area contributed by atoms with Gasteiger partial charge in [0.25, 0.3) is 0 Å². The minimum Gasteiger partial charge on any atom is -0.469 e. The summed E-state index contributed by atoms with van der Waals surface area (Å²) in [4.78, 5) is 11.2. The summed E-state index contributed by atoms with van der Waals surface area (Å²) in [5.41, 5.74) is 2.15. The van der Waals surface area contributed by atoms with Gasteiger partial charge in [0, 0.05) is 12.5 Å². The lowest BCUT2D eigenvalue weighted by Gasteiger charge is -2.23. The third-order valence-electron chi connectivity index (χ3n) is 4.10. The topological polar surface area (TPSA) is 58.6 Å². The van der Waals surface area contributed by atoms with Gasteiger partial charge in [0.15, 0.2) is 0 Å². The molecule has 0 fully saturated rings. The van der Waals surface area contributed by atoms with E-state index < -0.39 is 6.10 Å². The number of ether oxygens (including phenoxy) is 1. The standard InChI is InChI=1S/C17H27NO3/c1-5-12(2)13-6-8-14(9-7-13)17(20)15(18-3)10-11-16(19)21-4/h6-9,12,15,17-18,20H,5,10-11H2,1-4H3. The van der Waals surface area contributed by atoms with E-state index in [1.165, 1.54) is 12.7 Å². The fourth-order valence-electron chi connectivity index (χ4n) is 2.33. The molecule has 1 aromatic rings. The van der Waals surface area contributed by atoms with Gasteiger partial charge in [-0.2, -0.15) is 0 Å². The van der Waals surface area contributed by atoms with E-state index in [2.05, 4.69) is 36.0 Å². The van der Waals surface area contributed by atoms with E-state index >= 15 is 0 Å². The van der Waals surface area contributed by atoms with Crippen LogP contribution in [0.15, 0.2) is 24.3 Å². The number of aliphatic hydroxyl groups is 1. The van der Waals surface area contributed by atoms with Gasteiger partial charge in [-0.3, -0.25) is 4.79 Å². The second-order valence-electron chi connectivity index (χ2n) is 5.43. The van der Waals surface area contributed by atoms with E-state index in [4.69, 9.17) is 0 Å². The average molecular weight is 293 g/mol. The molecule has 21 heavy (non-hydrogen) atoms. The van der Waals surface area contributed by atoms with Crippen LogP contribution in [0.4, 0.5) is 0 Å². The Bertz CT molecular complexity index is 430. The molecule has 0 spiro atoms. The molecule has 3 atom stereocenters. The zero-order valence-electron chi connectivity index (χ0n) is 13.4. The Morgan fingerprint density at radius 3 is 2.33 bits per heavy atom. The van der Waals surface area contributed by atoms with E-state index in [9.17, 15) is 9.90 Å². The second kappa shape index (κ2) is 8.80. The molecule has 1 aromatic carbocycles. The molecule has 0 saturated carbocycles. The molecule has 4 heteroatoms. The molecule has 2 N–H and O–H groups in total. The number of nitrogens with one attached hydrogen (secondary N) is 1. The summed E-state index contributed by atoms with van der Waals surface area (Å²) in [5, 5.41) is 13.5. The second-order valence-corrected chi connectivity index (χ2v) is 5.43. The summed E-state index contributed by atoms with van der Waals surface area (Å²) < 4.78 is 4.64. The fourth-order valence-corrected chi connectivity index (χ4v) is 2.33. The molecule has 3 unspecified atom stereocenters. The molecule has 0 bridgehead atoms. The van der Waals surface area contributed by atoms with Crippen molar-refractivity contribution >= 4 is 5.97 Å². The highest BCUT2D eigenvalue weighted by Crippen LogP contribution is 2.24. The molecule has 0 heterocycles. The van der Waals surface area contributed by atoms with Crippen LogP contribution in [0.3, 0.4) is 0 Å². The molecule has 1 rings (SSSR count). The number of carbonyl (C=O) groups excluding carboxylic acids is 1. The van der Waals surface area contributed by atoms with E-state index in [1.54, 1.807) is 7.05 Å². The number of benzene rings is 1. The molecule has 0 aliphatic carbocycles. The third-order valence-corrected chi connectivity index (χ3v) is 4.10. The lowest BCUT2D eigenvalue weighted by molar-refractivity contribution is -0.140. The minimum absolute atomic E-state index is 0.168. The van der Waals surface area contributed by atoms with Crippen LogP contribution in [0.1, 0.15) is 56.3 Å². The van der Waals surface area contributed by atoms with E-state index in [1.807, 2.05) is 12.1 Å². The van der Waals surface area contributed by atoms with E-state index in [0.717, 1.165) is 12.0 Å². The van der Waals surface area contributed by atoms with Crippen molar-refractivity contribution in [2.75, 3.05) is 14.2 Å². The number of methoxy groups -OCH3 is 1. The summed E-state index contributed by atoms with van der Waals surface area (Å²) in [5.74, 6) is 0.269. The maximum Gasteiger partial charge on any atom is 0.305 e. The van der Waals surface area contributed by atoms with Crippen molar-refractivity contribution in [3.8, 4) is 0 Å². The van der Waals surface area contributed by atoms with Gasteiger partial charge in [-0.1, -0.05) is 38.1 Å². The largest absolute Gasteiger partial charge is 0.469 e. The smallest absolute Gasteiger partial charge is 0.305 e. The summed E-state index contributed by atoms with van der Waals surface area (Å²) in [6.07, 6.45) is 1.30.